The highest BCUT2D eigenvalue weighted by Gasteiger charge is 2.34. The number of benzene rings is 3. The van der Waals surface area contributed by atoms with E-state index < -0.39 is 22.5 Å². The zero-order chi connectivity index (χ0) is 31.0. The number of aromatic nitrogens is 3. The number of rotatable bonds is 7. The average Bonchev–Trinajstić information content (AvgIpc) is 3.58. The van der Waals surface area contributed by atoms with Gasteiger partial charge >= 0.3 is 5.97 Å². The molecule has 0 saturated carbocycles. The fourth-order valence-electron chi connectivity index (χ4n) is 5.09. The number of non-ortho nitro benzene ring substituents is 1. The molecular formula is C32H24ClN5O5S. The highest BCUT2D eigenvalue weighted by atomic mass is 35.5. The van der Waals surface area contributed by atoms with Crippen LogP contribution in [0, 0.1) is 10.1 Å². The summed E-state index contributed by atoms with van der Waals surface area (Å²) in [6.45, 7) is 3.45. The Labute approximate surface area is 259 Å². The molecule has 0 N–H and O–H groups in total. The largest absolute Gasteiger partial charge is 0.463 e. The van der Waals surface area contributed by atoms with E-state index in [1.165, 1.54) is 22.8 Å². The van der Waals surface area contributed by atoms with Crippen molar-refractivity contribution in [2.45, 2.75) is 19.9 Å². The minimum Gasteiger partial charge on any atom is -0.463 e. The van der Waals surface area contributed by atoms with Crippen LogP contribution in [0.5, 0.6) is 0 Å². The second kappa shape index (κ2) is 11.9. The number of hydrogen-bond acceptors (Lipinski definition) is 8. The van der Waals surface area contributed by atoms with Gasteiger partial charge in [-0.2, -0.15) is 5.10 Å². The number of hydrogen-bond donors (Lipinski definition) is 0. The van der Waals surface area contributed by atoms with Crippen molar-refractivity contribution >= 4 is 40.7 Å². The minimum atomic E-state index is -0.977. The first-order valence-corrected chi connectivity index (χ1v) is 14.8. The molecule has 10 nitrogen and oxygen atoms in total. The minimum absolute atomic E-state index is 0.112. The van der Waals surface area contributed by atoms with Gasteiger partial charge < -0.3 is 4.74 Å². The first kappa shape index (κ1) is 29.0. The number of ether oxygens (including phenoxy) is 1. The highest BCUT2D eigenvalue weighted by Crippen LogP contribution is 2.32. The van der Waals surface area contributed by atoms with Gasteiger partial charge in [-0.3, -0.25) is 19.5 Å². The van der Waals surface area contributed by atoms with Crippen molar-refractivity contribution < 1.29 is 14.5 Å². The van der Waals surface area contributed by atoms with Crippen LogP contribution in [0.15, 0.2) is 106 Å². The van der Waals surface area contributed by atoms with Gasteiger partial charge in [-0.05, 0) is 49.8 Å². The Morgan fingerprint density at radius 3 is 2.57 bits per heavy atom. The average molecular weight is 626 g/mol. The Morgan fingerprint density at radius 1 is 1.11 bits per heavy atom. The molecule has 0 aliphatic carbocycles. The van der Waals surface area contributed by atoms with Crippen LogP contribution in [0.1, 0.15) is 31.0 Å². The van der Waals surface area contributed by atoms with Crippen LogP contribution in [0.4, 0.5) is 5.69 Å². The van der Waals surface area contributed by atoms with Crippen LogP contribution in [-0.4, -0.2) is 31.8 Å². The van der Waals surface area contributed by atoms with E-state index in [4.69, 9.17) is 21.4 Å². The van der Waals surface area contributed by atoms with Crippen molar-refractivity contribution in [1.82, 2.24) is 14.3 Å². The standard InChI is InChI=1S/C32H24ClN5O5S/c1-3-43-31(40)27-19(2)34-32-37(29(27)21-8-7-11-25(16-21)38(41)42)30(39)26(44-32)17-22-18-36(24-9-5-4-6-10-24)35-28(22)20-12-14-23(33)15-13-20/h4-18,29H,3H2,1-2H3/b26-17+/t29-/m0/s1. The Bertz CT molecular complexity index is 2130. The maximum Gasteiger partial charge on any atom is 0.338 e. The van der Waals surface area contributed by atoms with Crippen molar-refractivity contribution in [2.24, 2.45) is 4.99 Å². The molecule has 0 saturated heterocycles. The fourth-order valence-corrected chi connectivity index (χ4v) is 6.26. The lowest BCUT2D eigenvalue weighted by molar-refractivity contribution is -0.384. The molecule has 3 heterocycles. The summed E-state index contributed by atoms with van der Waals surface area (Å²) in [6.07, 6.45) is 3.58. The molecule has 0 bridgehead atoms. The summed E-state index contributed by atoms with van der Waals surface area (Å²) in [7, 11) is 0. The molecule has 6 rings (SSSR count). The molecule has 0 unspecified atom stereocenters. The Balaban J connectivity index is 1.57. The van der Waals surface area contributed by atoms with E-state index in [0.29, 0.717) is 36.9 Å². The summed E-state index contributed by atoms with van der Waals surface area (Å²) in [5.74, 6) is -0.645. The van der Waals surface area contributed by atoms with Crippen LogP contribution < -0.4 is 14.9 Å². The molecule has 0 amide bonds. The maximum atomic E-state index is 14.2. The van der Waals surface area contributed by atoms with Gasteiger partial charge in [0.2, 0.25) is 0 Å². The number of para-hydroxylation sites is 1. The molecule has 44 heavy (non-hydrogen) atoms. The Hall–Kier alpha value is -5.13. The smallest absolute Gasteiger partial charge is 0.338 e. The maximum absolute atomic E-state index is 14.2. The van der Waals surface area contributed by atoms with Crippen LogP contribution in [0.25, 0.3) is 23.0 Å². The molecule has 1 aliphatic heterocycles. The number of allylic oxidation sites excluding steroid dienone is 1. The number of carbonyl (C=O) groups excluding carboxylic acids is 1. The van der Waals surface area contributed by atoms with Crippen molar-refractivity contribution in [2.75, 3.05) is 6.61 Å². The quantitative estimate of drug-likeness (QED) is 0.139. The second-order valence-electron chi connectivity index (χ2n) is 9.87. The Morgan fingerprint density at radius 2 is 1.86 bits per heavy atom. The highest BCUT2D eigenvalue weighted by molar-refractivity contribution is 7.07. The number of fused-ring (bicyclic) bond motifs is 1. The van der Waals surface area contributed by atoms with E-state index in [9.17, 15) is 19.7 Å². The molecule has 0 fully saturated rings. The summed E-state index contributed by atoms with van der Waals surface area (Å²) in [5.41, 5.74) is 3.28. The van der Waals surface area contributed by atoms with Crippen LogP contribution in [0.2, 0.25) is 5.02 Å². The van der Waals surface area contributed by atoms with E-state index in [0.717, 1.165) is 22.6 Å². The zero-order valence-electron chi connectivity index (χ0n) is 23.5. The van der Waals surface area contributed by atoms with E-state index in [2.05, 4.69) is 4.99 Å². The molecule has 1 atom stereocenters. The molecular weight excluding hydrogens is 602 g/mol. The van der Waals surface area contributed by atoms with Crippen molar-refractivity contribution in [3.8, 4) is 16.9 Å². The predicted molar refractivity (Wildman–Crippen MR) is 168 cm³/mol. The summed E-state index contributed by atoms with van der Waals surface area (Å²) in [6, 6.07) is 21.8. The second-order valence-corrected chi connectivity index (χ2v) is 11.3. The lowest BCUT2D eigenvalue weighted by Crippen LogP contribution is -2.40. The van der Waals surface area contributed by atoms with Gasteiger partial charge in [0.1, 0.15) is 5.69 Å². The molecule has 12 heteroatoms. The lowest BCUT2D eigenvalue weighted by atomic mass is 9.95. The monoisotopic (exact) mass is 625 g/mol. The van der Waals surface area contributed by atoms with Gasteiger partial charge in [0.05, 0.1) is 39.1 Å². The molecule has 2 aromatic heterocycles. The third-order valence-corrected chi connectivity index (χ3v) is 8.32. The normalized spacial score (nSPS) is 14.7. The molecule has 0 spiro atoms. The number of nitrogens with zero attached hydrogens (tertiary/aromatic N) is 5. The molecule has 3 aromatic carbocycles. The topological polar surface area (TPSA) is 122 Å². The lowest BCUT2D eigenvalue weighted by Gasteiger charge is -2.24. The van der Waals surface area contributed by atoms with Crippen LogP contribution in [0.3, 0.4) is 0 Å². The number of nitro benzene ring substituents is 1. The fraction of sp³-hybridized carbons (Fsp3) is 0.125. The van der Waals surface area contributed by atoms with Crippen molar-refractivity contribution in [3.63, 3.8) is 0 Å². The van der Waals surface area contributed by atoms with Gasteiger partial charge in [0.15, 0.2) is 4.80 Å². The summed E-state index contributed by atoms with van der Waals surface area (Å²) >= 11 is 7.30. The molecule has 5 aromatic rings. The van der Waals surface area contributed by atoms with Crippen LogP contribution >= 0.6 is 22.9 Å². The number of thiazole rings is 1. The predicted octanol–water partition coefficient (Wildman–Crippen LogP) is 5.21. The van der Waals surface area contributed by atoms with Gasteiger partial charge in [-0.1, -0.05) is 65.4 Å². The number of esters is 1. The van der Waals surface area contributed by atoms with E-state index in [1.54, 1.807) is 42.8 Å². The molecule has 0 radical (unpaired) electrons. The number of carbonyl (C=O) groups is 1. The van der Waals surface area contributed by atoms with Crippen LogP contribution in [-0.2, 0) is 9.53 Å². The third kappa shape index (κ3) is 5.38. The van der Waals surface area contributed by atoms with Gasteiger partial charge in [-0.15, -0.1) is 0 Å². The van der Waals surface area contributed by atoms with E-state index in [-0.39, 0.29) is 17.9 Å². The van der Waals surface area contributed by atoms with Crippen molar-refractivity contribution in [3.05, 3.63) is 142 Å². The summed E-state index contributed by atoms with van der Waals surface area (Å²) in [4.78, 5) is 43.4. The zero-order valence-corrected chi connectivity index (χ0v) is 25.1. The summed E-state index contributed by atoms with van der Waals surface area (Å²) in [5, 5.41) is 17.0. The number of nitro groups is 1. The van der Waals surface area contributed by atoms with Gasteiger partial charge in [0, 0.05) is 34.5 Å². The molecule has 1 aliphatic rings. The van der Waals surface area contributed by atoms with E-state index in [1.807, 2.05) is 48.7 Å². The van der Waals surface area contributed by atoms with Gasteiger partial charge in [-0.25, -0.2) is 14.5 Å². The Kier molecular flexibility index (Phi) is 7.81. The molecule has 220 valence electrons. The third-order valence-electron chi connectivity index (χ3n) is 7.08. The first-order valence-electron chi connectivity index (χ1n) is 13.6. The van der Waals surface area contributed by atoms with E-state index >= 15 is 0 Å². The van der Waals surface area contributed by atoms with Crippen molar-refractivity contribution in [1.29, 1.82) is 0 Å². The van der Waals surface area contributed by atoms with Gasteiger partial charge in [0.25, 0.3) is 11.2 Å². The SMILES string of the molecule is CCOC(=O)C1=C(C)N=c2s/c(=C/c3cn(-c4ccccc4)nc3-c3ccc(Cl)cc3)c(=O)n2[C@H]1c1cccc([N+](=O)[O-])c1. The first-order chi connectivity index (χ1) is 21.2. The number of halogens is 1. The summed E-state index contributed by atoms with van der Waals surface area (Å²) < 4.78 is 8.81.